The zero-order valence-electron chi connectivity index (χ0n) is 14.8. The molecular formula is C16H15ClF3N7O. The van der Waals surface area contributed by atoms with Crippen LogP contribution in [0.1, 0.15) is 34.8 Å². The number of nitrogens with one attached hydrogen (secondary N) is 2. The van der Waals surface area contributed by atoms with Gasteiger partial charge < -0.3 is 5.32 Å². The van der Waals surface area contributed by atoms with E-state index >= 15 is 0 Å². The summed E-state index contributed by atoms with van der Waals surface area (Å²) in [6, 6.07) is 6.98. The Balaban J connectivity index is 1.72. The highest BCUT2D eigenvalue weighted by Crippen LogP contribution is 2.26. The number of aromatic nitrogens is 6. The van der Waals surface area contributed by atoms with Crippen LogP contribution in [0, 0.1) is 6.92 Å². The zero-order chi connectivity index (χ0) is 20.5. The van der Waals surface area contributed by atoms with Gasteiger partial charge in [-0.15, -0.1) is 10.2 Å². The van der Waals surface area contributed by atoms with Gasteiger partial charge in [-0.05, 0) is 31.9 Å². The Hall–Kier alpha value is -2.95. The van der Waals surface area contributed by atoms with Crippen LogP contribution in [0.2, 0.25) is 5.02 Å². The number of carbonyl (C=O) groups is 1. The van der Waals surface area contributed by atoms with Gasteiger partial charge in [0.1, 0.15) is 5.82 Å². The van der Waals surface area contributed by atoms with E-state index in [1.807, 2.05) is 18.2 Å². The average Bonchev–Trinajstić information content (AvgIpc) is 3.23. The fraction of sp³-hybridized carbons (Fsp3) is 0.312. The van der Waals surface area contributed by atoms with Crippen LogP contribution in [0.15, 0.2) is 24.3 Å². The normalized spacial score (nSPS) is 12.8. The van der Waals surface area contributed by atoms with Gasteiger partial charge in [0.05, 0.1) is 0 Å². The second-order valence-electron chi connectivity index (χ2n) is 6.05. The summed E-state index contributed by atoms with van der Waals surface area (Å²) in [6.45, 7) is 3.26. The van der Waals surface area contributed by atoms with E-state index in [-0.39, 0.29) is 23.6 Å². The maximum Gasteiger partial charge on any atom is 0.451 e. The lowest BCUT2D eigenvalue weighted by Crippen LogP contribution is -2.34. The van der Waals surface area contributed by atoms with E-state index in [1.54, 1.807) is 18.1 Å². The third-order valence-electron chi connectivity index (χ3n) is 3.77. The van der Waals surface area contributed by atoms with E-state index in [1.165, 1.54) is 6.92 Å². The van der Waals surface area contributed by atoms with Crippen LogP contribution in [0.3, 0.4) is 0 Å². The summed E-state index contributed by atoms with van der Waals surface area (Å²) < 4.78 is 38.9. The summed E-state index contributed by atoms with van der Waals surface area (Å²) in [7, 11) is 0. The first kappa shape index (κ1) is 19.8. The predicted octanol–water partition coefficient (Wildman–Crippen LogP) is 2.73. The average molecular weight is 414 g/mol. The molecule has 2 heterocycles. The summed E-state index contributed by atoms with van der Waals surface area (Å²) in [5.41, 5.74) is 0.868. The molecule has 0 aliphatic carbocycles. The Morgan fingerprint density at radius 2 is 2.04 bits per heavy atom. The molecule has 0 aliphatic rings. The molecule has 0 aliphatic heterocycles. The van der Waals surface area contributed by atoms with Gasteiger partial charge in [0.15, 0.2) is 0 Å². The van der Waals surface area contributed by atoms with Crippen molar-refractivity contribution in [2.75, 3.05) is 0 Å². The number of rotatable bonds is 5. The number of halogens is 4. The first-order chi connectivity index (χ1) is 13.1. The number of alkyl halides is 3. The number of H-pyrrole nitrogens is 1. The molecule has 1 unspecified atom stereocenters. The SMILES string of the molecule is Cc1nc(C(=O)NC(C)Cc2ccccc2Cl)nn1-c1n[nH]c(C(F)(F)F)n1. The number of amides is 1. The number of nitrogens with zero attached hydrogens (tertiary/aromatic N) is 5. The van der Waals surface area contributed by atoms with E-state index < -0.39 is 17.9 Å². The molecule has 2 aromatic heterocycles. The zero-order valence-corrected chi connectivity index (χ0v) is 15.5. The van der Waals surface area contributed by atoms with Crippen LogP contribution in [-0.2, 0) is 12.6 Å². The molecule has 0 saturated heterocycles. The summed E-state index contributed by atoms with van der Waals surface area (Å²) >= 11 is 6.11. The minimum Gasteiger partial charge on any atom is -0.346 e. The van der Waals surface area contributed by atoms with Crippen molar-refractivity contribution in [1.29, 1.82) is 0 Å². The van der Waals surface area contributed by atoms with Gasteiger partial charge >= 0.3 is 6.18 Å². The lowest BCUT2D eigenvalue weighted by Gasteiger charge is -2.13. The third-order valence-corrected chi connectivity index (χ3v) is 4.13. The topological polar surface area (TPSA) is 101 Å². The van der Waals surface area contributed by atoms with Crippen LogP contribution < -0.4 is 5.32 Å². The summed E-state index contributed by atoms with van der Waals surface area (Å²) in [5.74, 6) is -2.25. The largest absolute Gasteiger partial charge is 0.451 e. The van der Waals surface area contributed by atoms with Crippen LogP contribution in [0.4, 0.5) is 13.2 Å². The van der Waals surface area contributed by atoms with Gasteiger partial charge in [0.2, 0.25) is 11.6 Å². The smallest absolute Gasteiger partial charge is 0.346 e. The molecule has 2 N–H and O–H groups in total. The van der Waals surface area contributed by atoms with Crippen LogP contribution in [0.5, 0.6) is 0 Å². The summed E-state index contributed by atoms with van der Waals surface area (Å²) in [5, 5.41) is 12.5. The van der Waals surface area contributed by atoms with Crippen molar-refractivity contribution in [2.24, 2.45) is 0 Å². The molecule has 1 aromatic carbocycles. The first-order valence-electron chi connectivity index (χ1n) is 8.13. The van der Waals surface area contributed by atoms with Gasteiger partial charge in [0, 0.05) is 11.1 Å². The molecule has 0 fully saturated rings. The fourth-order valence-corrected chi connectivity index (χ4v) is 2.70. The van der Waals surface area contributed by atoms with Gasteiger partial charge in [-0.1, -0.05) is 29.8 Å². The van der Waals surface area contributed by atoms with Crippen molar-refractivity contribution in [2.45, 2.75) is 32.5 Å². The molecule has 12 heteroatoms. The molecule has 0 bridgehead atoms. The van der Waals surface area contributed by atoms with Crippen molar-refractivity contribution in [3.05, 3.63) is 52.3 Å². The quantitative estimate of drug-likeness (QED) is 0.669. The second kappa shape index (κ2) is 7.58. The van der Waals surface area contributed by atoms with E-state index in [2.05, 4.69) is 25.5 Å². The fourth-order valence-electron chi connectivity index (χ4n) is 2.48. The first-order valence-corrected chi connectivity index (χ1v) is 8.51. The molecule has 1 amide bonds. The molecule has 148 valence electrons. The Labute approximate surface area is 162 Å². The van der Waals surface area contributed by atoms with E-state index in [4.69, 9.17) is 11.6 Å². The third kappa shape index (κ3) is 4.30. The molecule has 0 radical (unpaired) electrons. The second-order valence-corrected chi connectivity index (χ2v) is 6.45. The molecule has 8 nitrogen and oxygen atoms in total. The van der Waals surface area contributed by atoms with Crippen LogP contribution in [0.25, 0.3) is 5.95 Å². The van der Waals surface area contributed by atoms with Gasteiger partial charge in [-0.2, -0.15) is 22.8 Å². The number of aryl methyl sites for hydroxylation is 1. The Kier molecular flexibility index (Phi) is 5.36. The Morgan fingerprint density at radius 3 is 2.68 bits per heavy atom. The monoisotopic (exact) mass is 413 g/mol. The van der Waals surface area contributed by atoms with Crippen molar-refractivity contribution in [3.63, 3.8) is 0 Å². The van der Waals surface area contributed by atoms with Crippen LogP contribution >= 0.6 is 11.6 Å². The predicted molar refractivity (Wildman–Crippen MR) is 93.1 cm³/mol. The van der Waals surface area contributed by atoms with Gasteiger partial charge in [-0.25, -0.2) is 4.98 Å². The number of benzene rings is 1. The number of hydrogen-bond donors (Lipinski definition) is 2. The molecule has 3 aromatic rings. The van der Waals surface area contributed by atoms with E-state index in [0.717, 1.165) is 10.2 Å². The van der Waals surface area contributed by atoms with Crippen molar-refractivity contribution in [1.82, 2.24) is 35.3 Å². The maximum absolute atomic E-state index is 12.6. The highest BCUT2D eigenvalue weighted by atomic mass is 35.5. The number of carbonyl (C=O) groups excluding carboxylic acids is 1. The standard InChI is InChI=1S/C16H15ClF3N7O/c1-8(7-10-5-3-4-6-11(10)17)21-13(28)12-22-9(2)27(26-12)15-23-14(24-25-15)16(18,19)20/h3-6,8H,7H2,1-2H3,(H,21,28)(H,23,24,25). The van der Waals surface area contributed by atoms with Gasteiger partial charge in [0.25, 0.3) is 11.9 Å². The summed E-state index contributed by atoms with van der Waals surface area (Å²) in [6.07, 6.45) is -4.19. The molecule has 3 rings (SSSR count). The molecule has 0 saturated carbocycles. The number of aromatic amines is 1. The van der Waals surface area contributed by atoms with Crippen molar-refractivity contribution >= 4 is 17.5 Å². The maximum atomic E-state index is 12.6. The van der Waals surface area contributed by atoms with Gasteiger partial charge in [-0.3, -0.25) is 9.89 Å². The minimum atomic E-state index is -4.67. The van der Waals surface area contributed by atoms with Crippen molar-refractivity contribution in [3.8, 4) is 5.95 Å². The molecule has 1 atom stereocenters. The summed E-state index contributed by atoms with van der Waals surface area (Å²) in [4.78, 5) is 19.7. The number of hydrogen-bond acceptors (Lipinski definition) is 5. The Bertz CT molecular complexity index is 998. The molecule has 28 heavy (non-hydrogen) atoms. The van der Waals surface area contributed by atoms with E-state index in [0.29, 0.717) is 11.4 Å². The van der Waals surface area contributed by atoms with Crippen molar-refractivity contribution < 1.29 is 18.0 Å². The molecular weight excluding hydrogens is 399 g/mol. The Morgan fingerprint density at radius 1 is 1.32 bits per heavy atom. The molecule has 0 spiro atoms. The minimum absolute atomic E-state index is 0.164. The lowest BCUT2D eigenvalue weighted by molar-refractivity contribution is -0.144. The highest BCUT2D eigenvalue weighted by Gasteiger charge is 2.35. The highest BCUT2D eigenvalue weighted by molar-refractivity contribution is 6.31. The van der Waals surface area contributed by atoms with E-state index in [9.17, 15) is 18.0 Å². The van der Waals surface area contributed by atoms with Crippen LogP contribution in [-0.4, -0.2) is 41.9 Å². The lowest BCUT2D eigenvalue weighted by atomic mass is 10.1.